The third-order valence-electron chi connectivity index (χ3n) is 3.40. The van der Waals surface area contributed by atoms with Crippen LogP contribution in [0.2, 0.25) is 5.02 Å². The number of benzene rings is 2. The van der Waals surface area contributed by atoms with Crippen molar-refractivity contribution in [2.45, 2.75) is 18.2 Å². The molecule has 2 aromatic carbocycles. The summed E-state index contributed by atoms with van der Waals surface area (Å²) in [5, 5.41) is 3.07. The Labute approximate surface area is 162 Å². The van der Waals surface area contributed by atoms with Crippen LogP contribution < -0.4 is 10.0 Å². The first-order chi connectivity index (χ1) is 12.8. The smallest absolute Gasteiger partial charge is 0.338 e. The van der Waals surface area contributed by atoms with E-state index in [0.717, 1.165) is 6.42 Å². The minimum absolute atomic E-state index is 0.0188. The van der Waals surface area contributed by atoms with E-state index in [2.05, 4.69) is 10.0 Å². The summed E-state index contributed by atoms with van der Waals surface area (Å²) in [6.45, 7) is 2.02. The number of nitrogens with one attached hydrogen (secondary N) is 2. The van der Waals surface area contributed by atoms with Crippen LogP contribution in [-0.2, 0) is 19.6 Å². The highest BCUT2D eigenvalue weighted by atomic mass is 35.5. The van der Waals surface area contributed by atoms with Crippen LogP contribution in [0, 0.1) is 0 Å². The minimum Gasteiger partial charge on any atom is -0.452 e. The molecule has 0 heterocycles. The van der Waals surface area contributed by atoms with Crippen molar-refractivity contribution < 1.29 is 22.7 Å². The standard InChI is InChI=1S/C18H19ClN2O5S/c1-2-11-20-17(22)12-26-18(23)13-3-9-16(10-4-13)27(24,25)21-15-7-5-14(19)6-8-15/h3-10,21H,2,11-12H2,1H3,(H,20,22). The molecule has 0 saturated carbocycles. The average molecular weight is 411 g/mol. The number of halogens is 1. The molecule has 0 bridgehead atoms. The van der Waals surface area contributed by atoms with Crippen molar-refractivity contribution in [3.05, 3.63) is 59.1 Å². The number of rotatable bonds is 8. The zero-order valence-corrected chi connectivity index (χ0v) is 16.1. The van der Waals surface area contributed by atoms with Gasteiger partial charge in [-0.05, 0) is 55.0 Å². The summed E-state index contributed by atoms with van der Waals surface area (Å²) in [6, 6.07) is 11.4. The van der Waals surface area contributed by atoms with Crippen LogP contribution >= 0.6 is 11.6 Å². The molecule has 0 spiro atoms. The maximum Gasteiger partial charge on any atom is 0.338 e. The monoisotopic (exact) mass is 410 g/mol. The number of hydrogen-bond donors (Lipinski definition) is 2. The molecule has 0 aliphatic carbocycles. The zero-order chi connectivity index (χ0) is 19.9. The van der Waals surface area contributed by atoms with Crippen molar-refractivity contribution in [1.82, 2.24) is 5.32 Å². The van der Waals surface area contributed by atoms with Crippen LogP contribution in [0.4, 0.5) is 5.69 Å². The molecule has 0 unspecified atom stereocenters. The molecule has 2 rings (SSSR count). The van der Waals surface area contributed by atoms with Crippen molar-refractivity contribution in [2.24, 2.45) is 0 Å². The van der Waals surface area contributed by atoms with Crippen molar-refractivity contribution in [3.63, 3.8) is 0 Å². The number of amides is 1. The van der Waals surface area contributed by atoms with Gasteiger partial charge in [-0.3, -0.25) is 9.52 Å². The van der Waals surface area contributed by atoms with Gasteiger partial charge >= 0.3 is 5.97 Å². The van der Waals surface area contributed by atoms with Crippen LogP contribution in [-0.4, -0.2) is 33.4 Å². The molecule has 9 heteroatoms. The number of carbonyl (C=O) groups is 2. The van der Waals surface area contributed by atoms with Gasteiger partial charge < -0.3 is 10.1 Å². The highest BCUT2D eigenvalue weighted by Gasteiger charge is 2.16. The van der Waals surface area contributed by atoms with Crippen LogP contribution in [0.3, 0.4) is 0 Å². The first kappa shape index (κ1) is 20.7. The van der Waals surface area contributed by atoms with Crippen molar-refractivity contribution >= 4 is 39.2 Å². The Balaban J connectivity index is 1.99. The Bertz CT molecular complexity index is 896. The summed E-state index contributed by atoms with van der Waals surface area (Å²) in [6.07, 6.45) is 0.777. The second-order valence-electron chi connectivity index (χ2n) is 5.56. The molecule has 0 atom stereocenters. The third kappa shape index (κ3) is 6.26. The SMILES string of the molecule is CCCNC(=O)COC(=O)c1ccc(S(=O)(=O)Nc2ccc(Cl)cc2)cc1. The molecule has 27 heavy (non-hydrogen) atoms. The van der Waals surface area contributed by atoms with Gasteiger partial charge in [0.15, 0.2) is 6.61 Å². The Hall–Kier alpha value is -2.58. The first-order valence-corrected chi connectivity index (χ1v) is 10.00. The van der Waals surface area contributed by atoms with Gasteiger partial charge in [-0.25, -0.2) is 13.2 Å². The lowest BCUT2D eigenvalue weighted by Gasteiger charge is -2.09. The lowest BCUT2D eigenvalue weighted by atomic mass is 10.2. The largest absolute Gasteiger partial charge is 0.452 e. The highest BCUT2D eigenvalue weighted by molar-refractivity contribution is 7.92. The molecule has 0 radical (unpaired) electrons. The van der Waals surface area contributed by atoms with Gasteiger partial charge in [0, 0.05) is 17.3 Å². The van der Waals surface area contributed by atoms with Gasteiger partial charge in [-0.1, -0.05) is 18.5 Å². The molecule has 0 fully saturated rings. The topological polar surface area (TPSA) is 102 Å². The lowest BCUT2D eigenvalue weighted by molar-refractivity contribution is -0.124. The van der Waals surface area contributed by atoms with E-state index < -0.39 is 28.5 Å². The number of sulfonamides is 1. The van der Waals surface area contributed by atoms with Crippen LogP contribution in [0.25, 0.3) is 0 Å². The van der Waals surface area contributed by atoms with Crippen LogP contribution in [0.15, 0.2) is 53.4 Å². The fourth-order valence-electron chi connectivity index (χ4n) is 2.03. The van der Waals surface area contributed by atoms with E-state index in [0.29, 0.717) is 17.3 Å². The van der Waals surface area contributed by atoms with E-state index in [1.807, 2.05) is 6.92 Å². The molecule has 0 aromatic heterocycles. The maximum absolute atomic E-state index is 12.4. The molecule has 0 aliphatic rings. The number of anilines is 1. The second kappa shape index (κ2) is 9.38. The number of ether oxygens (including phenoxy) is 1. The van der Waals surface area contributed by atoms with Gasteiger partial charge in [0.25, 0.3) is 15.9 Å². The fraction of sp³-hybridized carbons (Fsp3) is 0.222. The van der Waals surface area contributed by atoms with E-state index >= 15 is 0 Å². The van der Waals surface area contributed by atoms with E-state index in [1.165, 1.54) is 36.4 Å². The summed E-state index contributed by atoms with van der Waals surface area (Å²) in [5.74, 6) is -1.10. The van der Waals surface area contributed by atoms with E-state index in [4.69, 9.17) is 16.3 Å². The molecule has 7 nitrogen and oxygen atoms in total. The zero-order valence-electron chi connectivity index (χ0n) is 14.6. The second-order valence-corrected chi connectivity index (χ2v) is 7.68. The molecular formula is C18H19ClN2O5S. The van der Waals surface area contributed by atoms with Gasteiger partial charge in [0.05, 0.1) is 10.5 Å². The summed E-state index contributed by atoms with van der Waals surface area (Å²) in [7, 11) is -3.81. The van der Waals surface area contributed by atoms with Crippen molar-refractivity contribution in [3.8, 4) is 0 Å². The van der Waals surface area contributed by atoms with Gasteiger partial charge in [0.1, 0.15) is 0 Å². The molecule has 2 N–H and O–H groups in total. The summed E-state index contributed by atoms with van der Waals surface area (Å²) >= 11 is 5.77. The van der Waals surface area contributed by atoms with Crippen molar-refractivity contribution in [1.29, 1.82) is 0 Å². The Morgan fingerprint density at radius 2 is 1.67 bits per heavy atom. The van der Waals surface area contributed by atoms with Gasteiger partial charge in [0.2, 0.25) is 0 Å². The highest BCUT2D eigenvalue weighted by Crippen LogP contribution is 2.19. The van der Waals surface area contributed by atoms with Crippen LogP contribution in [0.1, 0.15) is 23.7 Å². The summed E-state index contributed by atoms with van der Waals surface area (Å²) < 4.78 is 32.0. The molecule has 0 aliphatic heterocycles. The summed E-state index contributed by atoms with van der Waals surface area (Å²) in [5.41, 5.74) is 0.504. The molecule has 1 amide bonds. The van der Waals surface area contributed by atoms with E-state index in [1.54, 1.807) is 12.1 Å². The van der Waals surface area contributed by atoms with E-state index in [-0.39, 0.29) is 10.5 Å². The van der Waals surface area contributed by atoms with Crippen molar-refractivity contribution in [2.75, 3.05) is 17.9 Å². The molecule has 144 valence electrons. The van der Waals surface area contributed by atoms with Gasteiger partial charge in [-0.2, -0.15) is 0 Å². The number of carbonyl (C=O) groups excluding carboxylic acids is 2. The predicted molar refractivity (Wildman–Crippen MR) is 102 cm³/mol. The van der Waals surface area contributed by atoms with Crippen LogP contribution in [0.5, 0.6) is 0 Å². The quantitative estimate of drug-likeness (QED) is 0.651. The Kier molecular flexibility index (Phi) is 7.20. The predicted octanol–water partition coefficient (Wildman–Crippen LogP) is 2.82. The van der Waals surface area contributed by atoms with E-state index in [9.17, 15) is 18.0 Å². The number of hydrogen-bond acceptors (Lipinski definition) is 5. The first-order valence-electron chi connectivity index (χ1n) is 8.14. The number of esters is 1. The molecular weight excluding hydrogens is 392 g/mol. The minimum atomic E-state index is -3.81. The van der Waals surface area contributed by atoms with Gasteiger partial charge in [-0.15, -0.1) is 0 Å². The Morgan fingerprint density at radius 1 is 1.04 bits per heavy atom. The maximum atomic E-state index is 12.4. The fourth-order valence-corrected chi connectivity index (χ4v) is 3.22. The third-order valence-corrected chi connectivity index (χ3v) is 5.05. The lowest BCUT2D eigenvalue weighted by Crippen LogP contribution is -2.29. The normalized spacial score (nSPS) is 10.9. The molecule has 0 saturated heterocycles. The average Bonchev–Trinajstić information content (AvgIpc) is 2.66. The molecule has 2 aromatic rings. The Morgan fingerprint density at radius 3 is 2.26 bits per heavy atom. The summed E-state index contributed by atoms with van der Waals surface area (Å²) in [4.78, 5) is 23.3.